The standard InChI is InChI=1S/C14H18O2/c1-2-3-4-5-6-7-8-9-10-11-14(16)12-13-15/h2-3,8-9,14-16H,10-13H2,1H3/b3-2+,9-8+/t14-/m0/s1. The first kappa shape index (κ1) is 14.5. The molecule has 0 aliphatic heterocycles. The first-order valence-corrected chi connectivity index (χ1v) is 5.37. The highest BCUT2D eigenvalue weighted by Gasteiger charge is 1.99. The van der Waals surface area contributed by atoms with E-state index in [0.717, 1.165) is 6.42 Å². The van der Waals surface area contributed by atoms with Gasteiger partial charge in [-0.25, -0.2) is 0 Å². The predicted molar refractivity (Wildman–Crippen MR) is 66.4 cm³/mol. The van der Waals surface area contributed by atoms with Crippen molar-refractivity contribution in [1.29, 1.82) is 0 Å². The van der Waals surface area contributed by atoms with Gasteiger partial charge in [0, 0.05) is 6.61 Å². The Morgan fingerprint density at radius 1 is 1.12 bits per heavy atom. The van der Waals surface area contributed by atoms with E-state index in [4.69, 9.17) is 5.11 Å². The molecular weight excluding hydrogens is 200 g/mol. The van der Waals surface area contributed by atoms with Crippen molar-refractivity contribution in [2.24, 2.45) is 0 Å². The smallest absolute Gasteiger partial charge is 0.0565 e. The molecule has 2 N–H and O–H groups in total. The monoisotopic (exact) mass is 218 g/mol. The minimum atomic E-state index is -0.419. The lowest BCUT2D eigenvalue weighted by Gasteiger charge is -2.04. The fourth-order valence-corrected chi connectivity index (χ4v) is 0.963. The van der Waals surface area contributed by atoms with E-state index >= 15 is 0 Å². The quantitative estimate of drug-likeness (QED) is 0.689. The van der Waals surface area contributed by atoms with Crippen LogP contribution < -0.4 is 0 Å². The van der Waals surface area contributed by atoms with E-state index in [9.17, 15) is 5.11 Å². The molecule has 0 aliphatic rings. The highest BCUT2D eigenvalue weighted by molar-refractivity contribution is 5.33. The van der Waals surface area contributed by atoms with E-state index < -0.39 is 6.10 Å². The third-order valence-electron chi connectivity index (χ3n) is 1.79. The van der Waals surface area contributed by atoms with E-state index in [0.29, 0.717) is 12.8 Å². The maximum absolute atomic E-state index is 9.29. The van der Waals surface area contributed by atoms with Gasteiger partial charge in [0.25, 0.3) is 0 Å². The van der Waals surface area contributed by atoms with Crippen molar-refractivity contribution in [2.75, 3.05) is 6.61 Å². The Kier molecular flexibility index (Phi) is 10.5. The van der Waals surface area contributed by atoms with Crippen LogP contribution in [-0.2, 0) is 0 Å². The van der Waals surface area contributed by atoms with Crippen LogP contribution in [0.5, 0.6) is 0 Å². The molecule has 0 aliphatic carbocycles. The molecule has 0 heterocycles. The van der Waals surface area contributed by atoms with Gasteiger partial charge in [-0.1, -0.05) is 24.0 Å². The van der Waals surface area contributed by atoms with Crippen LogP contribution >= 0.6 is 0 Å². The first-order valence-electron chi connectivity index (χ1n) is 5.37. The zero-order chi connectivity index (χ0) is 12.1. The van der Waals surface area contributed by atoms with Gasteiger partial charge in [0.1, 0.15) is 0 Å². The normalized spacial score (nSPS) is 11.9. The molecule has 86 valence electrons. The Labute approximate surface area is 97.7 Å². The summed E-state index contributed by atoms with van der Waals surface area (Å²) in [7, 11) is 0. The second-order valence-electron chi connectivity index (χ2n) is 3.18. The number of hydrogen-bond donors (Lipinski definition) is 2. The summed E-state index contributed by atoms with van der Waals surface area (Å²) in [5.41, 5.74) is 0. The predicted octanol–water partition coefficient (Wildman–Crippen LogP) is 1.65. The number of allylic oxidation sites excluding steroid dienone is 4. The van der Waals surface area contributed by atoms with Gasteiger partial charge in [0.05, 0.1) is 6.10 Å². The highest BCUT2D eigenvalue weighted by Crippen LogP contribution is 2.01. The third kappa shape index (κ3) is 10.6. The third-order valence-corrected chi connectivity index (χ3v) is 1.79. The van der Waals surface area contributed by atoms with Gasteiger partial charge in [0.2, 0.25) is 0 Å². The number of hydrogen-bond acceptors (Lipinski definition) is 2. The molecule has 0 bridgehead atoms. The van der Waals surface area contributed by atoms with E-state index in [2.05, 4.69) is 23.7 Å². The zero-order valence-electron chi connectivity index (χ0n) is 9.61. The van der Waals surface area contributed by atoms with Gasteiger partial charge in [-0.3, -0.25) is 0 Å². The van der Waals surface area contributed by atoms with Crippen LogP contribution in [0.2, 0.25) is 0 Å². The van der Waals surface area contributed by atoms with Crippen molar-refractivity contribution in [3.8, 4) is 23.7 Å². The largest absolute Gasteiger partial charge is 0.396 e. The summed E-state index contributed by atoms with van der Waals surface area (Å²) >= 11 is 0. The van der Waals surface area contributed by atoms with Crippen LogP contribution in [0.3, 0.4) is 0 Å². The Morgan fingerprint density at radius 2 is 1.81 bits per heavy atom. The lowest BCUT2D eigenvalue weighted by Crippen LogP contribution is -2.07. The van der Waals surface area contributed by atoms with Crippen molar-refractivity contribution < 1.29 is 10.2 Å². The van der Waals surface area contributed by atoms with Crippen molar-refractivity contribution >= 4 is 0 Å². The Balaban J connectivity index is 3.66. The molecule has 1 atom stereocenters. The Hall–Kier alpha value is -1.48. The first-order chi connectivity index (χ1) is 7.81. The van der Waals surface area contributed by atoms with Crippen LogP contribution in [-0.4, -0.2) is 22.9 Å². The van der Waals surface area contributed by atoms with E-state index in [-0.39, 0.29) is 6.61 Å². The number of aliphatic hydroxyl groups is 2. The fourth-order valence-electron chi connectivity index (χ4n) is 0.963. The summed E-state index contributed by atoms with van der Waals surface area (Å²) in [6, 6.07) is 0. The van der Waals surface area contributed by atoms with Crippen LogP contribution in [0.15, 0.2) is 24.3 Å². The van der Waals surface area contributed by atoms with E-state index in [1.165, 1.54) is 0 Å². The summed E-state index contributed by atoms with van der Waals surface area (Å²) in [6.45, 7) is 1.94. The SMILES string of the molecule is C/C=C/C#CC#C/C=C/CC[C@H](O)CCO. The summed E-state index contributed by atoms with van der Waals surface area (Å²) in [4.78, 5) is 0. The molecule has 0 saturated heterocycles. The Bertz CT molecular complexity index is 331. The van der Waals surface area contributed by atoms with Crippen LogP contribution in [0.1, 0.15) is 26.2 Å². The maximum atomic E-state index is 9.29. The lowest BCUT2D eigenvalue weighted by molar-refractivity contribution is 0.126. The van der Waals surface area contributed by atoms with Gasteiger partial charge in [-0.05, 0) is 50.2 Å². The number of aliphatic hydroxyl groups excluding tert-OH is 2. The molecule has 0 aromatic heterocycles. The fraction of sp³-hybridized carbons (Fsp3) is 0.429. The average molecular weight is 218 g/mol. The average Bonchev–Trinajstić information content (AvgIpc) is 2.27. The van der Waals surface area contributed by atoms with Crippen LogP contribution in [0.4, 0.5) is 0 Å². The summed E-state index contributed by atoms with van der Waals surface area (Å²) < 4.78 is 0. The topological polar surface area (TPSA) is 40.5 Å². The second-order valence-corrected chi connectivity index (χ2v) is 3.18. The molecule has 0 aromatic carbocycles. The van der Waals surface area contributed by atoms with Crippen molar-refractivity contribution in [1.82, 2.24) is 0 Å². The molecular formula is C14H18O2. The summed E-state index contributed by atoms with van der Waals surface area (Å²) in [6.07, 6.45) is 8.66. The second kappa shape index (κ2) is 11.6. The molecule has 2 nitrogen and oxygen atoms in total. The van der Waals surface area contributed by atoms with Gasteiger partial charge >= 0.3 is 0 Å². The molecule has 0 rings (SSSR count). The lowest BCUT2D eigenvalue weighted by atomic mass is 10.1. The molecule has 0 fully saturated rings. The van der Waals surface area contributed by atoms with Gasteiger partial charge in [-0.15, -0.1) is 0 Å². The van der Waals surface area contributed by atoms with Crippen molar-refractivity contribution in [3.63, 3.8) is 0 Å². The van der Waals surface area contributed by atoms with Crippen LogP contribution in [0.25, 0.3) is 0 Å². The minimum Gasteiger partial charge on any atom is -0.396 e. The van der Waals surface area contributed by atoms with Gasteiger partial charge < -0.3 is 10.2 Å². The van der Waals surface area contributed by atoms with Gasteiger partial charge in [0.15, 0.2) is 0 Å². The summed E-state index contributed by atoms with van der Waals surface area (Å²) in [5, 5.41) is 17.8. The van der Waals surface area contributed by atoms with Crippen molar-refractivity contribution in [2.45, 2.75) is 32.3 Å². The highest BCUT2D eigenvalue weighted by atomic mass is 16.3. The Morgan fingerprint density at radius 3 is 2.44 bits per heavy atom. The zero-order valence-corrected chi connectivity index (χ0v) is 9.61. The molecule has 0 aromatic rings. The molecule has 0 spiro atoms. The number of rotatable bonds is 5. The van der Waals surface area contributed by atoms with Gasteiger partial charge in [-0.2, -0.15) is 0 Å². The summed E-state index contributed by atoms with van der Waals surface area (Å²) in [5.74, 6) is 10.9. The minimum absolute atomic E-state index is 0.0330. The van der Waals surface area contributed by atoms with E-state index in [1.54, 1.807) is 12.2 Å². The van der Waals surface area contributed by atoms with Crippen LogP contribution in [0, 0.1) is 23.7 Å². The maximum Gasteiger partial charge on any atom is 0.0565 e. The molecule has 2 heteroatoms. The van der Waals surface area contributed by atoms with Crippen molar-refractivity contribution in [3.05, 3.63) is 24.3 Å². The molecule has 0 radical (unpaired) electrons. The molecule has 16 heavy (non-hydrogen) atoms. The van der Waals surface area contributed by atoms with E-state index in [1.807, 2.05) is 19.1 Å². The molecule has 0 saturated carbocycles. The molecule has 0 unspecified atom stereocenters. The molecule has 0 amide bonds.